The normalized spacial score (nSPS) is 10.6. The molecule has 0 aliphatic carbocycles. The molecular formula is C23H23FO4. The minimum absolute atomic E-state index is 0.0853. The topological polar surface area (TPSA) is 52.6 Å². The molecule has 0 amide bonds. The molecule has 0 N–H and O–H groups in total. The van der Waals surface area contributed by atoms with Gasteiger partial charge in [0, 0.05) is 11.6 Å². The Labute approximate surface area is 164 Å². The average Bonchev–Trinajstić information content (AvgIpc) is 2.69. The van der Waals surface area contributed by atoms with Crippen molar-refractivity contribution in [3.63, 3.8) is 0 Å². The molecule has 0 aliphatic heterocycles. The fourth-order valence-corrected chi connectivity index (χ4v) is 2.44. The third-order valence-electron chi connectivity index (χ3n) is 3.89. The largest absolute Gasteiger partial charge is 0.494 e. The van der Waals surface area contributed by atoms with Crippen molar-refractivity contribution in [2.45, 2.75) is 19.8 Å². The van der Waals surface area contributed by atoms with Crippen molar-refractivity contribution in [3.8, 4) is 16.9 Å². The van der Waals surface area contributed by atoms with Crippen molar-refractivity contribution >= 4 is 17.8 Å². The maximum atomic E-state index is 14.4. The first-order valence-electron chi connectivity index (χ1n) is 9.00. The van der Waals surface area contributed by atoms with Crippen LogP contribution in [0.3, 0.4) is 0 Å². The molecule has 0 radical (unpaired) electrons. The highest BCUT2D eigenvalue weighted by atomic mass is 19.1. The Morgan fingerprint density at radius 3 is 2.43 bits per heavy atom. The van der Waals surface area contributed by atoms with Crippen LogP contribution >= 0.6 is 0 Å². The molecule has 5 heteroatoms. The molecule has 2 aromatic rings. The predicted octanol–water partition coefficient (Wildman–Crippen LogP) is 4.98. The van der Waals surface area contributed by atoms with E-state index >= 15 is 0 Å². The summed E-state index contributed by atoms with van der Waals surface area (Å²) in [4.78, 5) is 21.9. The van der Waals surface area contributed by atoms with E-state index in [-0.39, 0.29) is 11.6 Å². The molecule has 0 atom stereocenters. The lowest BCUT2D eigenvalue weighted by Gasteiger charge is -2.08. The quantitative estimate of drug-likeness (QED) is 0.330. The molecule has 0 heterocycles. The van der Waals surface area contributed by atoms with Gasteiger partial charge in [-0.15, -0.1) is 0 Å². The standard InChI is InChI=1S/C23H23FO4/c1-3-23(26)28-15-5-4-14-27-20-11-9-19(10-12-20)21-13-8-18(16-22(21)24)7-6-17(2)25/h3,6-13,16H,1,4-5,14-15H2,2H3/b7-6+. The van der Waals surface area contributed by atoms with Crippen LogP contribution in [0.25, 0.3) is 17.2 Å². The summed E-state index contributed by atoms with van der Waals surface area (Å²) in [5, 5.41) is 0. The number of carbonyl (C=O) groups excluding carboxylic acids is 2. The fraction of sp³-hybridized carbons (Fsp3) is 0.217. The zero-order chi connectivity index (χ0) is 20.4. The number of ether oxygens (including phenoxy) is 2. The van der Waals surface area contributed by atoms with E-state index in [9.17, 15) is 14.0 Å². The van der Waals surface area contributed by atoms with Gasteiger partial charge in [-0.05, 0) is 55.2 Å². The maximum Gasteiger partial charge on any atom is 0.330 e. The Hall–Kier alpha value is -3.21. The third-order valence-corrected chi connectivity index (χ3v) is 3.89. The molecule has 0 spiro atoms. The predicted molar refractivity (Wildman–Crippen MR) is 107 cm³/mol. The number of unbranched alkanes of at least 4 members (excludes halogenated alkanes) is 1. The van der Waals surface area contributed by atoms with Crippen molar-refractivity contribution in [1.82, 2.24) is 0 Å². The molecule has 2 aromatic carbocycles. The van der Waals surface area contributed by atoms with Gasteiger partial charge in [0.1, 0.15) is 11.6 Å². The van der Waals surface area contributed by atoms with Gasteiger partial charge in [-0.2, -0.15) is 0 Å². The second kappa shape index (κ2) is 10.8. The SMILES string of the molecule is C=CC(=O)OCCCCOc1ccc(-c2ccc(/C=C/C(C)=O)cc2F)cc1. The molecule has 4 nitrogen and oxygen atoms in total. The molecule has 0 saturated carbocycles. The molecule has 146 valence electrons. The van der Waals surface area contributed by atoms with Crippen LogP contribution < -0.4 is 4.74 Å². The number of esters is 1. The summed E-state index contributed by atoms with van der Waals surface area (Å²) < 4.78 is 24.9. The molecule has 2 rings (SSSR count). The minimum Gasteiger partial charge on any atom is -0.494 e. The van der Waals surface area contributed by atoms with E-state index in [1.807, 2.05) is 0 Å². The van der Waals surface area contributed by atoms with Gasteiger partial charge in [0.15, 0.2) is 5.78 Å². The Balaban J connectivity index is 1.87. The molecule has 0 saturated heterocycles. The van der Waals surface area contributed by atoms with Crippen molar-refractivity contribution in [3.05, 3.63) is 72.6 Å². The van der Waals surface area contributed by atoms with Gasteiger partial charge in [0.2, 0.25) is 0 Å². The number of rotatable bonds is 10. The van der Waals surface area contributed by atoms with Gasteiger partial charge in [-0.25, -0.2) is 9.18 Å². The number of hydrogen-bond acceptors (Lipinski definition) is 4. The molecule has 0 aliphatic rings. The summed E-state index contributed by atoms with van der Waals surface area (Å²) in [6, 6.07) is 12.0. The van der Waals surface area contributed by atoms with Gasteiger partial charge >= 0.3 is 5.97 Å². The number of allylic oxidation sites excluding steroid dienone is 1. The van der Waals surface area contributed by atoms with E-state index < -0.39 is 5.97 Å². The summed E-state index contributed by atoms with van der Waals surface area (Å²) in [5.41, 5.74) is 1.86. The lowest BCUT2D eigenvalue weighted by Crippen LogP contribution is -2.04. The van der Waals surface area contributed by atoms with E-state index in [2.05, 4.69) is 6.58 Å². The monoisotopic (exact) mass is 382 g/mol. The van der Waals surface area contributed by atoms with Crippen LogP contribution in [0.1, 0.15) is 25.3 Å². The summed E-state index contributed by atoms with van der Waals surface area (Å²) in [6.07, 6.45) is 5.58. The van der Waals surface area contributed by atoms with Crippen LogP contribution in [0, 0.1) is 5.82 Å². The van der Waals surface area contributed by atoms with Crippen molar-refractivity contribution in [2.24, 2.45) is 0 Å². The Bertz CT molecular complexity index is 853. The second-order valence-corrected chi connectivity index (χ2v) is 6.13. The van der Waals surface area contributed by atoms with Crippen molar-refractivity contribution in [1.29, 1.82) is 0 Å². The Kier molecular flexibility index (Phi) is 8.15. The van der Waals surface area contributed by atoms with E-state index in [1.54, 1.807) is 42.5 Å². The Morgan fingerprint density at radius 2 is 1.79 bits per heavy atom. The first-order chi connectivity index (χ1) is 13.5. The second-order valence-electron chi connectivity index (χ2n) is 6.13. The van der Waals surface area contributed by atoms with Gasteiger partial charge < -0.3 is 9.47 Å². The lowest BCUT2D eigenvalue weighted by molar-refractivity contribution is -0.137. The maximum absolute atomic E-state index is 14.4. The van der Waals surface area contributed by atoms with Gasteiger partial charge in [-0.1, -0.05) is 36.9 Å². The number of benzene rings is 2. The third kappa shape index (κ3) is 6.83. The highest BCUT2D eigenvalue weighted by Gasteiger charge is 2.06. The van der Waals surface area contributed by atoms with Crippen LogP contribution in [-0.4, -0.2) is 25.0 Å². The van der Waals surface area contributed by atoms with Crippen LogP contribution in [-0.2, 0) is 14.3 Å². The molecular weight excluding hydrogens is 359 g/mol. The zero-order valence-corrected chi connectivity index (χ0v) is 15.8. The van der Waals surface area contributed by atoms with Gasteiger partial charge in [0.05, 0.1) is 13.2 Å². The first-order valence-corrected chi connectivity index (χ1v) is 9.00. The zero-order valence-electron chi connectivity index (χ0n) is 15.8. The van der Waals surface area contributed by atoms with E-state index in [1.165, 1.54) is 19.1 Å². The van der Waals surface area contributed by atoms with Crippen molar-refractivity contribution < 1.29 is 23.5 Å². The fourth-order valence-electron chi connectivity index (χ4n) is 2.44. The summed E-state index contributed by atoms with van der Waals surface area (Å²) in [7, 11) is 0. The highest BCUT2D eigenvalue weighted by molar-refractivity contribution is 5.91. The smallest absolute Gasteiger partial charge is 0.330 e. The van der Waals surface area contributed by atoms with Crippen LogP contribution in [0.5, 0.6) is 5.75 Å². The van der Waals surface area contributed by atoms with E-state index in [4.69, 9.17) is 9.47 Å². The van der Waals surface area contributed by atoms with Crippen LogP contribution in [0.15, 0.2) is 61.2 Å². The highest BCUT2D eigenvalue weighted by Crippen LogP contribution is 2.26. The number of ketones is 1. The van der Waals surface area contributed by atoms with Crippen molar-refractivity contribution in [2.75, 3.05) is 13.2 Å². The molecule has 0 fully saturated rings. The van der Waals surface area contributed by atoms with E-state index in [0.29, 0.717) is 36.5 Å². The summed E-state index contributed by atoms with van der Waals surface area (Å²) >= 11 is 0. The molecule has 0 unspecified atom stereocenters. The van der Waals surface area contributed by atoms with Gasteiger partial charge in [0.25, 0.3) is 0 Å². The minimum atomic E-state index is -0.424. The molecule has 28 heavy (non-hydrogen) atoms. The molecule has 0 aromatic heterocycles. The number of hydrogen-bond donors (Lipinski definition) is 0. The summed E-state index contributed by atoms with van der Waals surface area (Å²) in [5.74, 6) is -0.175. The number of halogens is 1. The van der Waals surface area contributed by atoms with Gasteiger partial charge in [-0.3, -0.25) is 4.79 Å². The van der Waals surface area contributed by atoms with Crippen LogP contribution in [0.2, 0.25) is 0 Å². The first kappa shape index (κ1) is 21.1. The Morgan fingerprint density at radius 1 is 1.07 bits per heavy atom. The summed E-state index contributed by atoms with van der Waals surface area (Å²) in [6.45, 7) is 5.61. The van der Waals surface area contributed by atoms with Crippen LogP contribution in [0.4, 0.5) is 4.39 Å². The van der Waals surface area contributed by atoms with E-state index in [0.717, 1.165) is 18.1 Å². The number of carbonyl (C=O) groups is 2. The lowest BCUT2D eigenvalue weighted by atomic mass is 10.0. The average molecular weight is 382 g/mol. The molecule has 0 bridgehead atoms.